The number of methoxy groups -OCH3 is 1. The molecule has 0 bridgehead atoms. The topological polar surface area (TPSA) is 33.3 Å². The normalized spacial score (nSPS) is 28.1. The third-order valence-electron chi connectivity index (χ3n) is 3.88. The van der Waals surface area contributed by atoms with Gasteiger partial charge >= 0.3 is 0 Å². The van der Waals surface area contributed by atoms with E-state index in [9.17, 15) is 0 Å². The van der Waals surface area contributed by atoms with Crippen molar-refractivity contribution >= 4 is 17.3 Å². The highest BCUT2D eigenvalue weighted by atomic mass is 32.1. The van der Waals surface area contributed by atoms with Crippen molar-refractivity contribution in [2.24, 2.45) is 11.8 Å². The Kier molecular flexibility index (Phi) is 6.82. The lowest BCUT2D eigenvalue weighted by atomic mass is 9.94. The van der Waals surface area contributed by atoms with Gasteiger partial charge < -0.3 is 15.4 Å². The second kappa shape index (κ2) is 7.88. The van der Waals surface area contributed by atoms with E-state index in [4.69, 9.17) is 17.0 Å². The van der Waals surface area contributed by atoms with Crippen LogP contribution in [0.1, 0.15) is 39.5 Å². The number of nitrogens with one attached hydrogen (secondary N) is 2. The van der Waals surface area contributed by atoms with Crippen LogP contribution in [-0.4, -0.2) is 31.4 Å². The maximum Gasteiger partial charge on any atom is 0.166 e. The van der Waals surface area contributed by atoms with Gasteiger partial charge in [-0.25, -0.2) is 0 Å². The monoisotopic (exact) mass is 258 g/mol. The van der Waals surface area contributed by atoms with Gasteiger partial charge in [0.05, 0.1) is 0 Å². The number of ether oxygens (including phenoxy) is 1. The van der Waals surface area contributed by atoms with Gasteiger partial charge in [0.25, 0.3) is 0 Å². The predicted molar refractivity (Wildman–Crippen MR) is 76.2 cm³/mol. The first kappa shape index (κ1) is 14.7. The van der Waals surface area contributed by atoms with Crippen LogP contribution in [0.15, 0.2) is 0 Å². The van der Waals surface area contributed by atoms with Crippen molar-refractivity contribution in [2.75, 3.05) is 20.3 Å². The van der Waals surface area contributed by atoms with Crippen LogP contribution in [0.5, 0.6) is 0 Å². The molecular weight excluding hydrogens is 232 g/mol. The Morgan fingerprint density at radius 2 is 2.18 bits per heavy atom. The molecule has 2 N–H and O–H groups in total. The van der Waals surface area contributed by atoms with Gasteiger partial charge in [0.15, 0.2) is 5.11 Å². The lowest BCUT2D eigenvalue weighted by Crippen LogP contribution is -2.44. The molecule has 100 valence electrons. The molecule has 1 fully saturated rings. The molecule has 0 radical (unpaired) electrons. The first-order valence-electron chi connectivity index (χ1n) is 6.72. The molecule has 0 heterocycles. The average Bonchev–Trinajstić information content (AvgIpc) is 2.66. The van der Waals surface area contributed by atoms with Gasteiger partial charge in [0.2, 0.25) is 0 Å². The molecule has 0 amide bonds. The molecule has 0 aromatic carbocycles. The third-order valence-corrected chi connectivity index (χ3v) is 4.14. The molecule has 3 nitrogen and oxygen atoms in total. The smallest absolute Gasteiger partial charge is 0.166 e. The molecule has 0 aromatic heterocycles. The summed E-state index contributed by atoms with van der Waals surface area (Å²) >= 11 is 5.31. The first-order chi connectivity index (χ1) is 8.19. The van der Waals surface area contributed by atoms with E-state index in [1.807, 2.05) is 0 Å². The molecule has 17 heavy (non-hydrogen) atoms. The summed E-state index contributed by atoms with van der Waals surface area (Å²) in [7, 11) is 1.72. The van der Waals surface area contributed by atoms with Crippen molar-refractivity contribution in [3.05, 3.63) is 0 Å². The zero-order valence-electron chi connectivity index (χ0n) is 11.3. The van der Waals surface area contributed by atoms with Crippen molar-refractivity contribution in [2.45, 2.75) is 45.6 Å². The Bertz CT molecular complexity index is 235. The minimum atomic E-state index is 0.558. The maximum atomic E-state index is 5.31. The Hall–Kier alpha value is -0.350. The fourth-order valence-electron chi connectivity index (χ4n) is 2.67. The average molecular weight is 258 g/mol. The molecule has 3 unspecified atom stereocenters. The summed E-state index contributed by atoms with van der Waals surface area (Å²) in [5.74, 6) is 1.60. The summed E-state index contributed by atoms with van der Waals surface area (Å²) in [6.45, 7) is 6.29. The second-order valence-corrected chi connectivity index (χ2v) is 5.37. The van der Waals surface area contributed by atoms with Crippen LogP contribution in [0.25, 0.3) is 0 Å². The van der Waals surface area contributed by atoms with E-state index in [-0.39, 0.29) is 0 Å². The third kappa shape index (κ3) is 4.80. The van der Waals surface area contributed by atoms with Crippen LogP contribution in [0.4, 0.5) is 0 Å². The number of hydrogen-bond donors (Lipinski definition) is 2. The first-order valence-corrected chi connectivity index (χ1v) is 7.13. The highest BCUT2D eigenvalue weighted by Crippen LogP contribution is 2.33. The van der Waals surface area contributed by atoms with Crippen LogP contribution in [0.2, 0.25) is 0 Å². The minimum absolute atomic E-state index is 0.558. The minimum Gasteiger partial charge on any atom is -0.385 e. The van der Waals surface area contributed by atoms with E-state index >= 15 is 0 Å². The SMILES string of the molecule is CCC1CCC(NC(=S)NCCCOC)C1C. The van der Waals surface area contributed by atoms with Crippen molar-refractivity contribution in [1.29, 1.82) is 0 Å². The highest BCUT2D eigenvalue weighted by Gasteiger charge is 2.31. The molecular formula is C13H26N2OS. The van der Waals surface area contributed by atoms with Crippen LogP contribution in [-0.2, 0) is 4.74 Å². The zero-order chi connectivity index (χ0) is 12.7. The van der Waals surface area contributed by atoms with Crippen LogP contribution >= 0.6 is 12.2 Å². The quantitative estimate of drug-likeness (QED) is 0.566. The van der Waals surface area contributed by atoms with E-state index in [0.29, 0.717) is 6.04 Å². The number of hydrogen-bond acceptors (Lipinski definition) is 2. The summed E-state index contributed by atoms with van der Waals surface area (Å²) in [5, 5.41) is 7.49. The van der Waals surface area contributed by atoms with Crippen LogP contribution in [0, 0.1) is 11.8 Å². The molecule has 0 aromatic rings. The molecule has 1 rings (SSSR count). The summed E-state index contributed by atoms with van der Waals surface area (Å²) in [5.41, 5.74) is 0. The fraction of sp³-hybridized carbons (Fsp3) is 0.923. The Balaban J connectivity index is 2.18. The van der Waals surface area contributed by atoms with Crippen molar-refractivity contribution in [1.82, 2.24) is 10.6 Å². The lowest BCUT2D eigenvalue weighted by Gasteiger charge is -2.22. The van der Waals surface area contributed by atoms with Crippen LogP contribution in [0.3, 0.4) is 0 Å². The maximum absolute atomic E-state index is 5.31. The summed E-state index contributed by atoms with van der Waals surface area (Å²) < 4.78 is 5.00. The molecule has 1 aliphatic rings. The molecule has 3 atom stereocenters. The van der Waals surface area contributed by atoms with Gasteiger partial charge in [-0.15, -0.1) is 0 Å². The lowest BCUT2D eigenvalue weighted by molar-refractivity contribution is 0.195. The zero-order valence-corrected chi connectivity index (χ0v) is 12.1. The Morgan fingerprint density at radius 3 is 2.76 bits per heavy atom. The van der Waals surface area contributed by atoms with E-state index < -0.39 is 0 Å². The van der Waals surface area contributed by atoms with E-state index in [1.54, 1.807) is 7.11 Å². The molecule has 1 saturated carbocycles. The molecule has 1 aliphatic carbocycles. The molecule has 4 heteroatoms. The molecule has 0 spiro atoms. The molecule has 0 aliphatic heterocycles. The standard InChI is InChI=1S/C13H26N2OS/c1-4-11-6-7-12(10(11)2)15-13(17)14-8-5-9-16-3/h10-12H,4-9H2,1-3H3,(H2,14,15,17). The number of rotatable bonds is 6. The second-order valence-electron chi connectivity index (χ2n) is 4.96. The molecule has 0 saturated heterocycles. The van der Waals surface area contributed by atoms with Gasteiger partial charge in [-0.1, -0.05) is 20.3 Å². The van der Waals surface area contributed by atoms with E-state index in [1.165, 1.54) is 19.3 Å². The van der Waals surface area contributed by atoms with Gasteiger partial charge in [0, 0.05) is 26.3 Å². The Labute approximate surface area is 111 Å². The highest BCUT2D eigenvalue weighted by molar-refractivity contribution is 7.80. The van der Waals surface area contributed by atoms with Crippen molar-refractivity contribution < 1.29 is 4.74 Å². The van der Waals surface area contributed by atoms with Crippen molar-refractivity contribution in [3.8, 4) is 0 Å². The summed E-state index contributed by atoms with van der Waals surface area (Å²) in [6, 6.07) is 0.558. The van der Waals surface area contributed by atoms with Gasteiger partial charge in [-0.05, 0) is 43.3 Å². The van der Waals surface area contributed by atoms with Crippen LogP contribution < -0.4 is 10.6 Å². The summed E-state index contributed by atoms with van der Waals surface area (Å²) in [6.07, 6.45) is 4.87. The van der Waals surface area contributed by atoms with Crippen molar-refractivity contribution in [3.63, 3.8) is 0 Å². The van der Waals surface area contributed by atoms with E-state index in [2.05, 4.69) is 24.5 Å². The largest absolute Gasteiger partial charge is 0.385 e. The fourth-order valence-corrected chi connectivity index (χ4v) is 2.92. The van der Waals surface area contributed by atoms with Gasteiger partial charge in [-0.2, -0.15) is 0 Å². The summed E-state index contributed by atoms with van der Waals surface area (Å²) in [4.78, 5) is 0. The number of thiocarbonyl (C=S) groups is 1. The van der Waals surface area contributed by atoms with E-state index in [0.717, 1.165) is 36.5 Å². The van der Waals surface area contributed by atoms with Gasteiger partial charge in [-0.3, -0.25) is 0 Å². The predicted octanol–water partition coefficient (Wildman–Crippen LogP) is 2.31. The van der Waals surface area contributed by atoms with Gasteiger partial charge in [0.1, 0.15) is 0 Å². The Morgan fingerprint density at radius 1 is 1.41 bits per heavy atom.